The Kier molecular flexibility index (Phi) is 8.41. The van der Waals surface area contributed by atoms with E-state index in [0.717, 1.165) is 83.4 Å². The highest BCUT2D eigenvalue weighted by Gasteiger charge is 2.70. The maximum atomic E-state index is 12.7. The Labute approximate surface area is 253 Å². The Morgan fingerprint density at radius 3 is 2.58 bits per heavy atom. The highest BCUT2D eigenvalue weighted by Crippen LogP contribution is 2.71. The third kappa shape index (κ3) is 5.52. The quantitative estimate of drug-likeness (QED) is 0.468. The second-order valence-corrected chi connectivity index (χ2v) is 14.3. The second-order valence-electron chi connectivity index (χ2n) is 14.3. The Balaban J connectivity index is 1.13. The number of hydrogen-bond donors (Lipinski definition) is 2. The van der Waals surface area contributed by atoms with Gasteiger partial charge in [0.05, 0.1) is 25.1 Å². The van der Waals surface area contributed by atoms with Crippen molar-refractivity contribution in [2.24, 2.45) is 28.6 Å². The molecule has 0 radical (unpaired) electrons. The van der Waals surface area contributed by atoms with Crippen molar-refractivity contribution >= 4 is 12.1 Å². The molecule has 0 spiro atoms. The van der Waals surface area contributed by atoms with Gasteiger partial charge in [-0.3, -0.25) is 9.69 Å². The summed E-state index contributed by atoms with van der Waals surface area (Å²) in [6.45, 7) is 10.6. The number of morpholine rings is 1. The van der Waals surface area contributed by atoms with Crippen molar-refractivity contribution in [2.75, 3.05) is 39.4 Å². The average Bonchev–Trinajstić information content (AvgIpc) is 3.20. The fraction of sp³-hybridized carbons (Fsp3) is 0.788. The molecule has 1 aromatic rings. The summed E-state index contributed by atoms with van der Waals surface area (Å²) in [6.07, 6.45) is 7.21. The molecule has 1 saturated heterocycles. The highest BCUT2D eigenvalue weighted by molar-refractivity contribution is 5.67. The number of carbonyl (C=O) groups excluding carboxylic acids is 2. The predicted octanol–water partition coefficient (Wildman–Crippen LogP) is 3.85. The molecule has 0 unspecified atom stereocenters. The minimum Gasteiger partial charge on any atom is -0.462 e. The molecule has 0 aromatic carbocycles. The predicted molar refractivity (Wildman–Crippen MR) is 157 cm³/mol. The summed E-state index contributed by atoms with van der Waals surface area (Å²) in [5, 5.41) is 15.7. The number of carbonyl (C=O) groups is 2. The van der Waals surface area contributed by atoms with Crippen molar-refractivity contribution in [3.05, 3.63) is 34.4 Å². The van der Waals surface area contributed by atoms with Gasteiger partial charge in [-0.05, 0) is 79.7 Å². The van der Waals surface area contributed by atoms with Gasteiger partial charge in [-0.15, -0.1) is 0 Å². The lowest BCUT2D eigenvalue weighted by Gasteiger charge is -2.63. The molecule has 5 fully saturated rings. The standard InChI is InChI=1S/C33H48N2O8/c1-21(36)42-27-19-33(39)26-6-5-23-18-24(43-30(38)34-12-13-35-14-16-40-17-15-35)8-10-31(23,2)25(26)9-11-32(33,3)29(27)22-4-7-28(37)41-20-22/h4,7,20,23-27,29,39H,5-6,8-19H2,1-3H3,(H,34,38)/t23-,24+,25+,26-,27+,29+,31+,32-,33+/m1/s1. The monoisotopic (exact) mass is 600 g/mol. The van der Waals surface area contributed by atoms with Gasteiger partial charge in [0.1, 0.15) is 12.2 Å². The molecular weight excluding hydrogens is 552 g/mol. The lowest BCUT2D eigenvalue weighted by Crippen LogP contribution is -2.62. The first-order valence-electron chi connectivity index (χ1n) is 16.3. The fourth-order valence-electron chi connectivity index (χ4n) is 10.1. The maximum Gasteiger partial charge on any atom is 0.407 e. The summed E-state index contributed by atoms with van der Waals surface area (Å²) in [7, 11) is 0. The van der Waals surface area contributed by atoms with E-state index in [1.54, 1.807) is 6.07 Å². The molecule has 2 heterocycles. The SMILES string of the molecule is CC(=O)O[C@H]1C[C@]2(O)[C@@H]3CC[C@@H]4C[C@@H](OC(=O)NCCN5CCOCC5)CC[C@]4(C)[C@H]3CC[C@]2(C)[C@H]1c1ccc(=O)oc1. The number of nitrogens with one attached hydrogen (secondary N) is 1. The Hall–Kier alpha value is -2.43. The number of rotatable bonds is 6. The fourth-order valence-corrected chi connectivity index (χ4v) is 10.1. The Morgan fingerprint density at radius 2 is 1.86 bits per heavy atom. The van der Waals surface area contributed by atoms with Crippen LogP contribution in [-0.4, -0.2) is 79.3 Å². The zero-order valence-corrected chi connectivity index (χ0v) is 25.8. The van der Waals surface area contributed by atoms with Crippen LogP contribution in [0.4, 0.5) is 4.79 Å². The molecule has 43 heavy (non-hydrogen) atoms. The highest BCUT2D eigenvalue weighted by atomic mass is 16.6. The maximum absolute atomic E-state index is 12.7. The molecule has 5 aliphatic rings. The zero-order valence-electron chi connectivity index (χ0n) is 25.8. The number of aliphatic hydroxyl groups is 1. The number of esters is 1. The Morgan fingerprint density at radius 1 is 1.07 bits per heavy atom. The molecule has 6 rings (SSSR count). The summed E-state index contributed by atoms with van der Waals surface area (Å²) in [6, 6.07) is 3.16. The number of amides is 1. The smallest absolute Gasteiger partial charge is 0.407 e. The van der Waals surface area contributed by atoms with Crippen LogP contribution < -0.4 is 10.9 Å². The third-order valence-electron chi connectivity index (χ3n) is 12.3. The summed E-state index contributed by atoms with van der Waals surface area (Å²) < 4.78 is 22.4. The lowest BCUT2D eigenvalue weighted by atomic mass is 9.43. The number of nitrogens with zero attached hydrogens (tertiary/aromatic N) is 1. The number of ether oxygens (including phenoxy) is 3. The second kappa shape index (κ2) is 11.8. The van der Waals surface area contributed by atoms with Crippen molar-refractivity contribution in [3.63, 3.8) is 0 Å². The Bertz CT molecular complexity index is 1230. The largest absolute Gasteiger partial charge is 0.462 e. The van der Waals surface area contributed by atoms with E-state index < -0.39 is 22.7 Å². The first kappa shape index (κ1) is 30.6. The van der Waals surface area contributed by atoms with Crippen LogP contribution in [0.15, 0.2) is 27.6 Å². The van der Waals surface area contributed by atoms with Crippen LogP contribution in [-0.2, 0) is 19.0 Å². The van der Waals surface area contributed by atoms with E-state index in [1.165, 1.54) is 19.3 Å². The minimum absolute atomic E-state index is 0.0429. The van der Waals surface area contributed by atoms with Gasteiger partial charge in [-0.2, -0.15) is 0 Å². The normalized spacial score (nSPS) is 40.9. The first-order chi connectivity index (χ1) is 20.5. The first-order valence-corrected chi connectivity index (χ1v) is 16.3. The van der Waals surface area contributed by atoms with Crippen LogP contribution in [0, 0.1) is 28.6 Å². The minimum atomic E-state index is -1.02. The molecule has 4 aliphatic carbocycles. The van der Waals surface area contributed by atoms with E-state index >= 15 is 0 Å². The van der Waals surface area contributed by atoms with Crippen molar-refractivity contribution in [1.29, 1.82) is 0 Å². The molecule has 9 atom stereocenters. The van der Waals surface area contributed by atoms with Gasteiger partial charge in [0.2, 0.25) is 0 Å². The zero-order chi connectivity index (χ0) is 30.4. The van der Waals surface area contributed by atoms with Gasteiger partial charge in [0.25, 0.3) is 0 Å². The van der Waals surface area contributed by atoms with Gasteiger partial charge >= 0.3 is 17.7 Å². The van der Waals surface area contributed by atoms with Crippen LogP contribution in [0.1, 0.15) is 83.6 Å². The number of hydrogen-bond acceptors (Lipinski definition) is 9. The van der Waals surface area contributed by atoms with Gasteiger partial charge in [0, 0.05) is 56.9 Å². The topological polar surface area (TPSA) is 128 Å². The molecular formula is C33H48N2O8. The lowest BCUT2D eigenvalue weighted by molar-refractivity contribution is -0.205. The van der Waals surface area contributed by atoms with Crippen molar-refractivity contribution in [3.8, 4) is 0 Å². The van der Waals surface area contributed by atoms with Gasteiger partial charge in [-0.1, -0.05) is 13.8 Å². The van der Waals surface area contributed by atoms with Gasteiger partial charge < -0.3 is 29.1 Å². The molecule has 10 heteroatoms. The average molecular weight is 601 g/mol. The molecule has 1 amide bonds. The summed E-state index contributed by atoms with van der Waals surface area (Å²) in [5.74, 6) is 0.203. The van der Waals surface area contributed by atoms with Crippen LogP contribution >= 0.6 is 0 Å². The molecule has 1 aliphatic heterocycles. The van der Waals surface area contributed by atoms with Crippen LogP contribution in [0.3, 0.4) is 0 Å². The van der Waals surface area contributed by atoms with E-state index in [4.69, 9.17) is 18.6 Å². The van der Waals surface area contributed by atoms with E-state index in [9.17, 15) is 19.5 Å². The van der Waals surface area contributed by atoms with E-state index in [-0.39, 0.29) is 35.4 Å². The van der Waals surface area contributed by atoms with Crippen molar-refractivity contribution < 1.29 is 33.3 Å². The molecule has 2 N–H and O–H groups in total. The number of alkyl carbamates (subject to hydrolysis) is 1. The molecule has 238 valence electrons. The van der Waals surface area contributed by atoms with Gasteiger partial charge in [-0.25, -0.2) is 9.59 Å². The van der Waals surface area contributed by atoms with E-state index in [1.807, 2.05) is 0 Å². The van der Waals surface area contributed by atoms with Crippen LogP contribution in [0.25, 0.3) is 0 Å². The van der Waals surface area contributed by atoms with Crippen LogP contribution in [0.5, 0.6) is 0 Å². The third-order valence-corrected chi connectivity index (χ3v) is 12.3. The summed E-state index contributed by atoms with van der Waals surface area (Å²) >= 11 is 0. The molecule has 10 nitrogen and oxygen atoms in total. The van der Waals surface area contributed by atoms with Crippen molar-refractivity contribution in [1.82, 2.24) is 10.2 Å². The van der Waals surface area contributed by atoms with Crippen LogP contribution in [0.2, 0.25) is 0 Å². The van der Waals surface area contributed by atoms with Crippen molar-refractivity contribution in [2.45, 2.75) is 95.9 Å². The van der Waals surface area contributed by atoms with Gasteiger partial charge in [0.15, 0.2) is 0 Å². The molecule has 4 saturated carbocycles. The van der Waals surface area contributed by atoms with E-state index in [0.29, 0.717) is 24.8 Å². The van der Waals surface area contributed by atoms with E-state index in [2.05, 4.69) is 24.1 Å². The number of fused-ring (bicyclic) bond motifs is 5. The molecule has 1 aromatic heterocycles. The summed E-state index contributed by atoms with van der Waals surface area (Å²) in [5.41, 5.74) is -1.13. The molecule has 0 bridgehead atoms. The summed E-state index contributed by atoms with van der Waals surface area (Å²) in [4.78, 5) is 38.8.